The maximum absolute atomic E-state index is 11.9. The Bertz CT molecular complexity index is 584. The molecule has 3 rings (SSSR count). The van der Waals surface area contributed by atoms with Gasteiger partial charge < -0.3 is 4.90 Å². The number of benzene rings is 1. The van der Waals surface area contributed by atoms with Crippen LogP contribution in [0.25, 0.3) is 0 Å². The first-order valence-electron chi connectivity index (χ1n) is 5.25. The van der Waals surface area contributed by atoms with Crippen LogP contribution in [0.5, 0.6) is 0 Å². The number of hydrogen-bond acceptors (Lipinski definition) is 3. The Balaban J connectivity index is 2.25. The van der Waals surface area contributed by atoms with Gasteiger partial charge in [-0.1, -0.05) is 23.2 Å². The number of fused-ring (bicyclic) bond motifs is 1. The summed E-state index contributed by atoms with van der Waals surface area (Å²) >= 11 is 12.1. The standard InChI is InChI=1S/C10H10Cl2N2O2S/c11-7-3-4-8-10(9(7)12)14(6-1-2-6)5-13-17(8,15)16/h3-4,6,13H,1-2,5H2. The quantitative estimate of drug-likeness (QED) is 0.863. The molecule has 4 nitrogen and oxygen atoms in total. The summed E-state index contributed by atoms with van der Waals surface area (Å²) in [4.78, 5) is 2.19. The summed E-state index contributed by atoms with van der Waals surface area (Å²) in [6, 6.07) is 3.38. The predicted molar refractivity (Wildman–Crippen MR) is 67.2 cm³/mol. The van der Waals surface area contributed by atoms with E-state index in [0.717, 1.165) is 12.8 Å². The van der Waals surface area contributed by atoms with Gasteiger partial charge >= 0.3 is 0 Å². The van der Waals surface area contributed by atoms with Gasteiger partial charge in [0.25, 0.3) is 0 Å². The van der Waals surface area contributed by atoms with Gasteiger partial charge in [-0.25, -0.2) is 8.42 Å². The molecular formula is C10H10Cl2N2O2S. The Morgan fingerprint density at radius 1 is 1.29 bits per heavy atom. The van der Waals surface area contributed by atoms with Crippen LogP contribution in [0, 0.1) is 0 Å². The van der Waals surface area contributed by atoms with E-state index < -0.39 is 10.0 Å². The van der Waals surface area contributed by atoms with Crippen LogP contribution in [0.3, 0.4) is 0 Å². The highest BCUT2D eigenvalue weighted by molar-refractivity contribution is 7.89. The Hall–Kier alpha value is -0.490. The van der Waals surface area contributed by atoms with Crippen molar-refractivity contribution in [2.45, 2.75) is 23.8 Å². The molecule has 1 fully saturated rings. The molecule has 17 heavy (non-hydrogen) atoms. The minimum atomic E-state index is -3.45. The molecule has 1 aliphatic heterocycles. The van der Waals surface area contributed by atoms with Crippen molar-refractivity contribution in [3.63, 3.8) is 0 Å². The molecule has 2 aliphatic rings. The van der Waals surface area contributed by atoms with Crippen LogP contribution >= 0.6 is 23.2 Å². The SMILES string of the molecule is O=S1(=O)NCN(C2CC2)c2c1ccc(Cl)c2Cl. The number of hydrogen-bond donors (Lipinski definition) is 1. The predicted octanol–water partition coefficient (Wildman–Crippen LogP) is 2.21. The summed E-state index contributed by atoms with van der Waals surface area (Å²) in [5, 5.41) is 0.703. The van der Waals surface area contributed by atoms with E-state index in [4.69, 9.17) is 23.2 Å². The van der Waals surface area contributed by atoms with Crippen LogP contribution in [-0.4, -0.2) is 21.1 Å². The van der Waals surface area contributed by atoms with Crippen molar-refractivity contribution in [3.05, 3.63) is 22.2 Å². The van der Waals surface area contributed by atoms with Crippen LogP contribution in [0.1, 0.15) is 12.8 Å². The number of halogens is 2. The van der Waals surface area contributed by atoms with Crippen molar-refractivity contribution in [1.29, 1.82) is 0 Å². The third-order valence-corrected chi connectivity index (χ3v) is 5.23. The molecule has 1 saturated carbocycles. The molecule has 0 spiro atoms. The van der Waals surface area contributed by atoms with Crippen molar-refractivity contribution in [2.75, 3.05) is 11.6 Å². The second-order valence-corrected chi connectivity index (χ2v) is 6.74. The zero-order valence-electron chi connectivity index (χ0n) is 8.78. The Morgan fingerprint density at radius 2 is 2.00 bits per heavy atom. The fourth-order valence-electron chi connectivity index (χ4n) is 2.02. The Kier molecular flexibility index (Phi) is 2.56. The molecule has 1 aromatic rings. The zero-order valence-corrected chi connectivity index (χ0v) is 11.1. The average Bonchev–Trinajstić information content (AvgIpc) is 3.07. The van der Waals surface area contributed by atoms with Gasteiger partial charge in [-0.3, -0.25) is 0 Å². The second kappa shape index (κ2) is 3.75. The topological polar surface area (TPSA) is 49.4 Å². The van der Waals surface area contributed by atoms with Crippen LogP contribution in [0.4, 0.5) is 5.69 Å². The van der Waals surface area contributed by atoms with Crippen molar-refractivity contribution >= 4 is 38.9 Å². The highest BCUT2D eigenvalue weighted by Gasteiger charge is 2.38. The van der Waals surface area contributed by atoms with Crippen molar-refractivity contribution in [3.8, 4) is 0 Å². The van der Waals surface area contributed by atoms with Crippen molar-refractivity contribution in [1.82, 2.24) is 4.72 Å². The molecule has 7 heteroatoms. The molecular weight excluding hydrogens is 283 g/mol. The molecule has 0 atom stereocenters. The summed E-state index contributed by atoms with van der Waals surface area (Å²) in [7, 11) is -3.45. The van der Waals surface area contributed by atoms with Crippen LogP contribution in [0.15, 0.2) is 17.0 Å². The molecule has 0 amide bonds. The lowest BCUT2D eigenvalue weighted by Crippen LogP contribution is -2.44. The van der Waals surface area contributed by atoms with Crippen LogP contribution < -0.4 is 9.62 Å². The van der Waals surface area contributed by atoms with E-state index in [9.17, 15) is 8.42 Å². The van der Waals surface area contributed by atoms with E-state index in [1.807, 2.05) is 4.90 Å². The van der Waals surface area contributed by atoms with E-state index >= 15 is 0 Å². The van der Waals surface area contributed by atoms with Gasteiger partial charge in [-0.15, -0.1) is 0 Å². The normalized spacial score (nSPS) is 22.4. The number of anilines is 1. The first-order chi connectivity index (χ1) is 8.00. The lowest BCUT2D eigenvalue weighted by atomic mass is 10.3. The molecule has 0 bridgehead atoms. The van der Waals surface area contributed by atoms with E-state index in [2.05, 4.69) is 4.72 Å². The maximum atomic E-state index is 11.9. The fourth-order valence-corrected chi connectivity index (χ4v) is 3.68. The third kappa shape index (κ3) is 1.81. The highest BCUT2D eigenvalue weighted by atomic mass is 35.5. The van der Waals surface area contributed by atoms with Gasteiger partial charge in [0.2, 0.25) is 10.0 Å². The van der Waals surface area contributed by atoms with E-state index in [1.54, 1.807) is 0 Å². The third-order valence-electron chi connectivity index (χ3n) is 3.02. The maximum Gasteiger partial charge on any atom is 0.244 e. The minimum absolute atomic E-state index is 0.213. The van der Waals surface area contributed by atoms with E-state index in [-0.39, 0.29) is 11.6 Å². The van der Waals surface area contributed by atoms with Crippen molar-refractivity contribution in [2.24, 2.45) is 0 Å². The molecule has 1 aromatic carbocycles. The summed E-state index contributed by atoms with van der Waals surface area (Å²) in [5.74, 6) is 0. The number of nitrogens with zero attached hydrogens (tertiary/aromatic N) is 1. The van der Waals surface area contributed by atoms with Crippen molar-refractivity contribution < 1.29 is 8.42 Å². The Morgan fingerprint density at radius 3 is 2.65 bits per heavy atom. The molecule has 0 aromatic heterocycles. The first-order valence-corrected chi connectivity index (χ1v) is 7.49. The molecule has 0 radical (unpaired) electrons. The molecule has 1 N–H and O–H groups in total. The highest BCUT2D eigenvalue weighted by Crippen LogP contribution is 2.44. The van der Waals surface area contributed by atoms with Gasteiger partial charge in [0.05, 0.1) is 22.4 Å². The second-order valence-electron chi connectivity index (χ2n) is 4.21. The molecule has 92 valence electrons. The molecule has 1 heterocycles. The van der Waals surface area contributed by atoms with Gasteiger partial charge in [-0.2, -0.15) is 4.72 Å². The average molecular weight is 293 g/mol. The zero-order chi connectivity index (χ0) is 12.2. The first kappa shape index (κ1) is 11.6. The van der Waals surface area contributed by atoms with Crippen LogP contribution in [0.2, 0.25) is 10.0 Å². The lowest BCUT2D eigenvalue weighted by molar-refractivity contribution is 0.570. The number of rotatable bonds is 1. The van der Waals surface area contributed by atoms with E-state index in [1.165, 1.54) is 12.1 Å². The molecule has 1 aliphatic carbocycles. The van der Waals surface area contributed by atoms with Gasteiger partial charge in [0.1, 0.15) is 4.90 Å². The molecule has 0 saturated heterocycles. The summed E-state index contributed by atoms with van der Waals surface area (Å²) in [5.41, 5.74) is 0.542. The number of sulfonamides is 1. The van der Waals surface area contributed by atoms with Gasteiger partial charge in [-0.05, 0) is 25.0 Å². The van der Waals surface area contributed by atoms with Gasteiger partial charge in [0.15, 0.2) is 0 Å². The van der Waals surface area contributed by atoms with Gasteiger partial charge in [0, 0.05) is 6.04 Å². The number of nitrogens with one attached hydrogen (secondary N) is 1. The fraction of sp³-hybridized carbons (Fsp3) is 0.400. The largest absolute Gasteiger partial charge is 0.352 e. The summed E-state index contributed by atoms with van der Waals surface area (Å²) < 4.78 is 26.3. The Labute approximate surface area is 110 Å². The summed E-state index contributed by atoms with van der Waals surface area (Å²) in [6.45, 7) is 0.264. The monoisotopic (exact) mass is 292 g/mol. The smallest absolute Gasteiger partial charge is 0.244 e. The lowest BCUT2D eigenvalue weighted by Gasteiger charge is -2.32. The minimum Gasteiger partial charge on any atom is -0.352 e. The van der Waals surface area contributed by atoms with E-state index in [0.29, 0.717) is 21.8 Å². The van der Waals surface area contributed by atoms with Crippen LogP contribution in [-0.2, 0) is 10.0 Å². The molecule has 0 unspecified atom stereocenters. The summed E-state index contributed by atoms with van der Waals surface area (Å²) in [6.07, 6.45) is 2.12.